The fourth-order valence-electron chi connectivity index (χ4n) is 2.18. The third-order valence-corrected chi connectivity index (χ3v) is 3.92. The summed E-state index contributed by atoms with van der Waals surface area (Å²) < 4.78 is 11.7. The van der Waals surface area contributed by atoms with E-state index in [1.165, 1.54) is 0 Å². The standard InChI is InChI=1S/C13H15BrO4/c1-17-11-3-2-9(8-10(11)14)13(6-7-18-13)5-4-12(15)16/h2-3,8H,4-7H2,1H3,(H,15,16). The zero-order chi connectivity index (χ0) is 13.2. The molecule has 1 fully saturated rings. The maximum Gasteiger partial charge on any atom is 0.303 e. The van der Waals surface area contributed by atoms with Crippen molar-refractivity contribution in [2.75, 3.05) is 13.7 Å². The normalized spacial score (nSPS) is 22.3. The molecule has 1 aliphatic heterocycles. The Balaban J connectivity index is 2.22. The van der Waals surface area contributed by atoms with E-state index in [1.807, 2.05) is 18.2 Å². The molecule has 1 aromatic rings. The van der Waals surface area contributed by atoms with Crippen molar-refractivity contribution in [1.82, 2.24) is 0 Å². The molecule has 5 heteroatoms. The number of benzene rings is 1. The van der Waals surface area contributed by atoms with E-state index in [2.05, 4.69) is 15.9 Å². The van der Waals surface area contributed by atoms with Crippen LogP contribution in [0.15, 0.2) is 22.7 Å². The van der Waals surface area contributed by atoms with Gasteiger partial charge in [0.05, 0.1) is 23.8 Å². The van der Waals surface area contributed by atoms with Gasteiger partial charge in [-0.15, -0.1) is 0 Å². The maximum absolute atomic E-state index is 10.7. The Morgan fingerprint density at radius 3 is 2.78 bits per heavy atom. The van der Waals surface area contributed by atoms with Crippen LogP contribution >= 0.6 is 15.9 Å². The maximum atomic E-state index is 10.7. The van der Waals surface area contributed by atoms with Crippen LogP contribution in [0.3, 0.4) is 0 Å². The van der Waals surface area contributed by atoms with Crippen LogP contribution in [0.25, 0.3) is 0 Å². The summed E-state index contributed by atoms with van der Waals surface area (Å²) in [4.78, 5) is 10.7. The summed E-state index contributed by atoms with van der Waals surface area (Å²) in [5.41, 5.74) is 0.565. The van der Waals surface area contributed by atoms with Crippen molar-refractivity contribution >= 4 is 21.9 Å². The Morgan fingerprint density at radius 2 is 2.33 bits per heavy atom. The van der Waals surface area contributed by atoms with E-state index in [0.29, 0.717) is 13.0 Å². The van der Waals surface area contributed by atoms with E-state index in [-0.39, 0.29) is 6.42 Å². The van der Waals surface area contributed by atoms with E-state index in [1.54, 1.807) is 7.11 Å². The number of carbonyl (C=O) groups is 1. The van der Waals surface area contributed by atoms with Gasteiger partial charge in [-0.1, -0.05) is 6.07 Å². The first-order valence-electron chi connectivity index (χ1n) is 5.77. The number of rotatable bonds is 5. The molecule has 2 rings (SSSR count). The first-order chi connectivity index (χ1) is 8.57. The summed E-state index contributed by atoms with van der Waals surface area (Å²) in [5, 5.41) is 8.80. The molecule has 18 heavy (non-hydrogen) atoms. The average Bonchev–Trinajstić information content (AvgIpc) is 2.27. The zero-order valence-electron chi connectivity index (χ0n) is 10.1. The number of carboxylic acid groups (broad SMARTS) is 1. The van der Waals surface area contributed by atoms with Gasteiger partial charge < -0.3 is 14.6 Å². The van der Waals surface area contributed by atoms with Crippen LogP contribution in [0.4, 0.5) is 0 Å². The number of hydrogen-bond donors (Lipinski definition) is 1. The van der Waals surface area contributed by atoms with E-state index in [9.17, 15) is 4.79 Å². The van der Waals surface area contributed by atoms with Crippen molar-refractivity contribution in [3.05, 3.63) is 28.2 Å². The van der Waals surface area contributed by atoms with Gasteiger partial charge in [-0.25, -0.2) is 0 Å². The minimum Gasteiger partial charge on any atom is -0.496 e. The molecular weight excluding hydrogens is 300 g/mol. The third-order valence-electron chi connectivity index (χ3n) is 3.30. The minimum atomic E-state index is -0.794. The van der Waals surface area contributed by atoms with Crippen LogP contribution in [0, 0.1) is 0 Å². The first kappa shape index (κ1) is 13.4. The largest absolute Gasteiger partial charge is 0.496 e. The van der Waals surface area contributed by atoms with Crippen molar-refractivity contribution in [2.24, 2.45) is 0 Å². The van der Waals surface area contributed by atoms with Gasteiger partial charge >= 0.3 is 5.97 Å². The molecule has 0 aromatic heterocycles. The molecule has 1 saturated heterocycles. The van der Waals surface area contributed by atoms with Crippen LogP contribution in [0.1, 0.15) is 24.8 Å². The second kappa shape index (κ2) is 5.28. The predicted octanol–water partition coefficient (Wildman–Crippen LogP) is 2.94. The highest BCUT2D eigenvalue weighted by atomic mass is 79.9. The number of hydrogen-bond acceptors (Lipinski definition) is 3. The van der Waals surface area contributed by atoms with Crippen molar-refractivity contribution < 1.29 is 19.4 Å². The summed E-state index contributed by atoms with van der Waals surface area (Å²) in [5.74, 6) is -0.0380. The smallest absolute Gasteiger partial charge is 0.303 e. The lowest BCUT2D eigenvalue weighted by molar-refractivity contribution is -0.165. The van der Waals surface area contributed by atoms with Crippen molar-refractivity contribution in [3.63, 3.8) is 0 Å². The van der Waals surface area contributed by atoms with Crippen LogP contribution in [-0.4, -0.2) is 24.8 Å². The molecule has 4 nitrogen and oxygen atoms in total. The molecule has 1 unspecified atom stereocenters. The quantitative estimate of drug-likeness (QED) is 0.908. The summed E-state index contributed by atoms with van der Waals surface area (Å²) >= 11 is 3.44. The van der Waals surface area contributed by atoms with Gasteiger partial charge in [0, 0.05) is 12.8 Å². The van der Waals surface area contributed by atoms with Gasteiger partial charge in [-0.05, 0) is 40.0 Å². The second-order valence-corrected chi connectivity index (χ2v) is 5.19. The molecule has 0 aliphatic carbocycles. The van der Waals surface area contributed by atoms with E-state index >= 15 is 0 Å². The Bertz CT molecular complexity index is 454. The molecule has 0 bridgehead atoms. The van der Waals surface area contributed by atoms with Gasteiger partial charge in [0.1, 0.15) is 5.75 Å². The van der Waals surface area contributed by atoms with Gasteiger partial charge in [0.25, 0.3) is 0 Å². The highest BCUT2D eigenvalue weighted by Gasteiger charge is 2.40. The van der Waals surface area contributed by atoms with E-state index in [0.717, 1.165) is 22.2 Å². The Hall–Kier alpha value is -1.07. The molecule has 0 saturated carbocycles. The lowest BCUT2D eigenvalue weighted by atomic mass is 9.82. The summed E-state index contributed by atoms with van der Waals surface area (Å²) in [7, 11) is 1.61. The van der Waals surface area contributed by atoms with Gasteiger partial charge in [-0.2, -0.15) is 0 Å². The predicted molar refractivity (Wildman–Crippen MR) is 69.8 cm³/mol. The van der Waals surface area contributed by atoms with Crippen LogP contribution in [0.5, 0.6) is 5.75 Å². The second-order valence-electron chi connectivity index (χ2n) is 4.34. The molecule has 0 spiro atoms. The number of ether oxygens (including phenoxy) is 2. The summed E-state index contributed by atoms with van der Waals surface area (Å²) in [6, 6.07) is 5.74. The number of halogens is 1. The molecule has 1 heterocycles. The first-order valence-corrected chi connectivity index (χ1v) is 6.56. The fraction of sp³-hybridized carbons (Fsp3) is 0.462. The van der Waals surface area contributed by atoms with E-state index in [4.69, 9.17) is 14.6 Å². The third kappa shape index (κ3) is 2.52. The molecule has 1 aromatic carbocycles. The Morgan fingerprint density at radius 1 is 1.61 bits per heavy atom. The van der Waals surface area contributed by atoms with Crippen molar-refractivity contribution in [2.45, 2.75) is 24.9 Å². The minimum absolute atomic E-state index is 0.115. The zero-order valence-corrected chi connectivity index (χ0v) is 11.7. The number of carboxylic acids is 1. The van der Waals surface area contributed by atoms with Crippen LogP contribution < -0.4 is 4.74 Å². The molecular formula is C13H15BrO4. The number of methoxy groups -OCH3 is 1. The molecule has 98 valence electrons. The highest BCUT2D eigenvalue weighted by Crippen LogP contribution is 2.43. The average molecular weight is 315 g/mol. The molecule has 0 radical (unpaired) electrons. The van der Waals surface area contributed by atoms with Gasteiger partial charge in [0.15, 0.2) is 0 Å². The highest BCUT2D eigenvalue weighted by molar-refractivity contribution is 9.10. The van der Waals surface area contributed by atoms with Crippen LogP contribution in [0.2, 0.25) is 0 Å². The molecule has 1 N–H and O–H groups in total. The number of aliphatic carboxylic acids is 1. The fourth-order valence-corrected chi connectivity index (χ4v) is 2.72. The monoisotopic (exact) mass is 314 g/mol. The SMILES string of the molecule is COc1ccc(C2(CCC(=O)O)CCO2)cc1Br. The lowest BCUT2D eigenvalue weighted by Gasteiger charge is -2.42. The van der Waals surface area contributed by atoms with E-state index < -0.39 is 11.6 Å². The van der Waals surface area contributed by atoms with Gasteiger partial charge in [-0.3, -0.25) is 4.79 Å². The summed E-state index contributed by atoms with van der Waals surface area (Å²) in [6.45, 7) is 0.684. The van der Waals surface area contributed by atoms with Crippen molar-refractivity contribution in [1.29, 1.82) is 0 Å². The summed E-state index contributed by atoms with van der Waals surface area (Å²) in [6.07, 6.45) is 1.48. The molecule has 0 amide bonds. The Kier molecular flexibility index (Phi) is 3.92. The van der Waals surface area contributed by atoms with Crippen molar-refractivity contribution in [3.8, 4) is 5.75 Å². The molecule has 1 aliphatic rings. The topological polar surface area (TPSA) is 55.8 Å². The lowest BCUT2D eigenvalue weighted by Crippen LogP contribution is -2.41. The van der Waals surface area contributed by atoms with Crippen LogP contribution in [-0.2, 0) is 15.1 Å². The molecule has 1 atom stereocenters. The Labute approximate surface area is 114 Å². The van der Waals surface area contributed by atoms with Gasteiger partial charge in [0.2, 0.25) is 0 Å².